The highest BCUT2D eigenvalue weighted by Crippen LogP contribution is 2.27. The summed E-state index contributed by atoms with van der Waals surface area (Å²) in [7, 11) is 0. The molecule has 3 aromatic rings. The molecule has 0 saturated carbocycles. The van der Waals surface area contributed by atoms with Crippen molar-refractivity contribution in [3.63, 3.8) is 0 Å². The number of carbonyl (C=O) groups excluding carboxylic acids is 1. The van der Waals surface area contributed by atoms with E-state index in [1.807, 2.05) is 32.9 Å². The van der Waals surface area contributed by atoms with Gasteiger partial charge in [-0.3, -0.25) is 10.1 Å². The van der Waals surface area contributed by atoms with Crippen LogP contribution in [0.2, 0.25) is 5.02 Å². The Morgan fingerprint density at radius 3 is 2.65 bits per heavy atom. The summed E-state index contributed by atoms with van der Waals surface area (Å²) in [5, 5.41) is 20.1. The smallest absolute Gasteiger partial charge is 0.279 e. The van der Waals surface area contributed by atoms with Gasteiger partial charge in [-0.15, -0.1) is 15.3 Å². The maximum atomic E-state index is 12.7. The molecule has 26 heavy (non-hydrogen) atoms. The van der Waals surface area contributed by atoms with Gasteiger partial charge in [-0.05, 0) is 35.9 Å². The normalized spacial score (nSPS) is 11.1. The van der Waals surface area contributed by atoms with E-state index in [4.69, 9.17) is 11.6 Å². The molecule has 0 atom stereocenters. The van der Waals surface area contributed by atoms with Crippen LogP contribution in [0.5, 0.6) is 0 Å². The Balaban J connectivity index is 1.89. The van der Waals surface area contributed by atoms with Crippen LogP contribution in [-0.2, 0) is 0 Å². The van der Waals surface area contributed by atoms with E-state index in [1.54, 1.807) is 28.6 Å². The lowest BCUT2D eigenvalue weighted by atomic mass is 10.1. The molecule has 10 heteroatoms. The zero-order valence-electron chi connectivity index (χ0n) is 14.4. The number of hydrogen-bond acceptors (Lipinski definition) is 7. The van der Waals surface area contributed by atoms with Crippen molar-refractivity contribution in [2.75, 3.05) is 11.1 Å². The average Bonchev–Trinajstić information content (AvgIpc) is 3.23. The van der Waals surface area contributed by atoms with Gasteiger partial charge in [0.05, 0.1) is 11.4 Å². The van der Waals surface area contributed by atoms with E-state index in [0.29, 0.717) is 10.2 Å². The van der Waals surface area contributed by atoms with E-state index >= 15 is 0 Å². The van der Waals surface area contributed by atoms with Crippen LogP contribution in [-0.4, -0.2) is 36.9 Å². The van der Waals surface area contributed by atoms with Gasteiger partial charge in [0.15, 0.2) is 10.0 Å². The number of rotatable bonds is 6. The Bertz CT molecular complexity index is 906. The van der Waals surface area contributed by atoms with Crippen LogP contribution in [0, 0.1) is 0 Å². The van der Waals surface area contributed by atoms with Crippen LogP contribution in [0.4, 0.5) is 5.13 Å². The fourth-order valence-corrected chi connectivity index (χ4v) is 4.11. The molecule has 0 radical (unpaired) electrons. The highest BCUT2D eigenvalue weighted by Gasteiger charge is 2.24. The van der Waals surface area contributed by atoms with Gasteiger partial charge >= 0.3 is 0 Å². The second-order valence-electron chi connectivity index (χ2n) is 5.63. The second kappa shape index (κ2) is 8.15. The molecule has 1 N–H and O–H groups in total. The summed E-state index contributed by atoms with van der Waals surface area (Å²) in [5.41, 5.74) is 1.79. The minimum atomic E-state index is -0.349. The zero-order valence-corrected chi connectivity index (χ0v) is 16.8. The minimum absolute atomic E-state index is 0.0436. The van der Waals surface area contributed by atoms with Gasteiger partial charge in [0.25, 0.3) is 5.91 Å². The minimum Gasteiger partial charge on any atom is -0.295 e. The highest BCUT2D eigenvalue weighted by molar-refractivity contribution is 8.01. The second-order valence-corrected chi connectivity index (χ2v) is 8.55. The van der Waals surface area contributed by atoms with E-state index in [0.717, 1.165) is 21.5 Å². The van der Waals surface area contributed by atoms with Gasteiger partial charge in [0.2, 0.25) is 5.13 Å². The lowest BCUT2D eigenvalue weighted by Gasteiger charge is -2.10. The maximum absolute atomic E-state index is 12.7. The Hall–Kier alpha value is -1.97. The number of carbonyl (C=O) groups is 1. The predicted octanol–water partition coefficient (Wildman–Crippen LogP) is 4.26. The first kappa shape index (κ1) is 18.8. The Morgan fingerprint density at radius 2 is 2.00 bits per heavy atom. The summed E-state index contributed by atoms with van der Waals surface area (Å²) in [5.74, 6) is 0.593. The summed E-state index contributed by atoms with van der Waals surface area (Å²) in [6.45, 7) is 6.01. The van der Waals surface area contributed by atoms with Gasteiger partial charge < -0.3 is 0 Å². The molecule has 2 heterocycles. The number of amides is 1. The SMILES string of the molecule is CCSc1nnc(NC(=O)c2nnn(-c3ccc(Cl)cc3)c2C(C)C)s1. The molecule has 2 aromatic heterocycles. The number of nitrogens with one attached hydrogen (secondary N) is 1. The predicted molar refractivity (Wildman–Crippen MR) is 105 cm³/mol. The van der Waals surface area contributed by atoms with Crippen LogP contribution in [0.15, 0.2) is 28.6 Å². The molecule has 1 amide bonds. The molecule has 3 rings (SSSR count). The fourth-order valence-electron chi connectivity index (χ4n) is 2.34. The van der Waals surface area contributed by atoms with E-state index in [1.165, 1.54) is 11.3 Å². The molecule has 0 fully saturated rings. The van der Waals surface area contributed by atoms with Crippen molar-refractivity contribution in [2.45, 2.75) is 31.0 Å². The van der Waals surface area contributed by atoms with Crippen LogP contribution in [0.1, 0.15) is 42.9 Å². The number of aromatic nitrogens is 5. The Labute approximate surface area is 164 Å². The molecule has 0 aliphatic carbocycles. The van der Waals surface area contributed by atoms with E-state index in [9.17, 15) is 4.79 Å². The summed E-state index contributed by atoms with van der Waals surface area (Å²) in [4.78, 5) is 12.7. The molecule has 7 nitrogen and oxygen atoms in total. The zero-order chi connectivity index (χ0) is 18.7. The molecular formula is C16H17ClN6OS2. The summed E-state index contributed by atoms with van der Waals surface area (Å²) in [6.07, 6.45) is 0. The lowest BCUT2D eigenvalue weighted by molar-refractivity contribution is 0.102. The number of halogens is 1. The Kier molecular flexibility index (Phi) is 5.90. The standard InChI is InChI=1S/C16H17ClN6OS2/c1-4-25-16-21-20-15(26-16)18-14(24)12-13(9(2)3)23(22-19-12)11-7-5-10(17)6-8-11/h5-9H,4H2,1-3H3,(H,18,20,24). The molecule has 136 valence electrons. The number of hydrogen-bond donors (Lipinski definition) is 1. The number of anilines is 1. The van der Waals surface area contributed by atoms with E-state index in [-0.39, 0.29) is 17.5 Å². The van der Waals surface area contributed by atoms with Gasteiger partial charge in [-0.25, -0.2) is 4.68 Å². The molecule has 0 bridgehead atoms. The van der Waals surface area contributed by atoms with Gasteiger partial charge in [0.1, 0.15) is 0 Å². The van der Waals surface area contributed by atoms with Gasteiger partial charge in [0, 0.05) is 5.02 Å². The molecule has 1 aromatic carbocycles. The number of thioether (sulfide) groups is 1. The molecule has 0 aliphatic rings. The van der Waals surface area contributed by atoms with Crippen LogP contribution < -0.4 is 5.32 Å². The molecule has 0 unspecified atom stereocenters. The average molecular weight is 409 g/mol. The highest BCUT2D eigenvalue weighted by atomic mass is 35.5. The number of benzene rings is 1. The van der Waals surface area contributed by atoms with Gasteiger partial charge in [-0.2, -0.15) is 0 Å². The monoisotopic (exact) mass is 408 g/mol. The first-order valence-corrected chi connectivity index (χ1v) is 10.2. The number of nitrogens with zero attached hydrogens (tertiary/aromatic N) is 5. The molecule has 0 spiro atoms. The van der Waals surface area contributed by atoms with Crippen molar-refractivity contribution in [1.82, 2.24) is 25.2 Å². The van der Waals surface area contributed by atoms with Gasteiger partial charge in [-0.1, -0.05) is 60.7 Å². The van der Waals surface area contributed by atoms with E-state index in [2.05, 4.69) is 25.8 Å². The summed E-state index contributed by atoms with van der Waals surface area (Å²) in [6, 6.07) is 7.22. The molecule has 0 aliphatic heterocycles. The topological polar surface area (TPSA) is 85.6 Å². The Morgan fingerprint density at radius 1 is 1.27 bits per heavy atom. The van der Waals surface area contributed by atoms with Crippen molar-refractivity contribution < 1.29 is 4.79 Å². The first-order chi connectivity index (χ1) is 12.5. The molecular weight excluding hydrogens is 392 g/mol. The quantitative estimate of drug-likeness (QED) is 0.484. The first-order valence-electron chi connectivity index (χ1n) is 7.98. The van der Waals surface area contributed by atoms with Crippen molar-refractivity contribution in [2.24, 2.45) is 0 Å². The largest absolute Gasteiger partial charge is 0.295 e. The van der Waals surface area contributed by atoms with Crippen LogP contribution in [0.3, 0.4) is 0 Å². The molecule has 0 saturated heterocycles. The maximum Gasteiger partial charge on any atom is 0.279 e. The van der Waals surface area contributed by atoms with Crippen molar-refractivity contribution in [3.8, 4) is 5.69 Å². The van der Waals surface area contributed by atoms with Crippen molar-refractivity contribution in [3.05, 3.63) is 40.7 Å². The summed E-state index contributed by atoms with van der Waals surface area (Å²) < 4.78 is 2.48. The van der Waals surface area contributed by atoms with Crippen LogP contribution >= 0.6 is 34.7 Å². The fraction of sp³-hybridized carbons (Fsp3) is 0.312. The summed E-state index contributed by atoms with van der Waals surface area (Å²) >= 11 is 8.87. The van der Waals surface area contributed by atoms with Crippen molar-refractivity contribution >= 4 is 45.7 Å². The lowest BCUT2D eigenvalue weighted by Crippen LogP contribution is -2.16. The third kappa shape index (κ3) is 4.05. The third-order valence-corrected chi connectivity index (χ3v) is 5.54. The van der Waals surface area contributed by atoms with Crippen molar-refractivity contribution in [1.29, 1.82) is 0 Å². The third-order valence-electron chi connectivity index (χ3n) is 3.43. The van der Waals surface area contributed by atoms with Crippen LogP contribution in [0.25, 0.3) is 5.69 Å². The van der Waals surface area contributed by atoms with E-state index < -0.39 is 0 Å².